The van der Waals surface area contributed by atoms with E-state index < -0.39 is 52.7 Å². The molecule has 3 rings (SSSR count). The Bertz CT molecular complexity index is 1190. The van der Waals surface area contributed by atoms with Gasteiger partial charge < -0.3 is 26.6 Å². The molecule has 0 aromatic heterocycles. The van der Waals surface area contributed by atoms with Crippen molar-refractivity contribution in [2.45, 2.75) is 136 Å². The smallest absolute Gasteiger partial charge is 0.315 e. The summed E-state index contributed by atoms with van der Waals surface area (Å²) < 4.78 is 0. The van der Waals surface area contributed by atoms with Gasteiger partial charge in [-0.05, 0) is 49.0 Å². The van der Waals surface area contributed by atoms with Crippen molar-refractivity contribution in [3.8, 4) is 0 Å². The predicted octanol–water partition coefficient (Wildman–Crippen LogP) is 5.33. The van der Waals surface area contributed by atoms with Crippen molar-refractivity contribution in [2.24, 2.45) is 17.1 Å². The first kappa shape index (κ1) is 40.1. The van der Waals surface area contributed by atoms with Crippen LogP contribution < -0.4 is 21.7 Å². The van der Waals surface area contributed by atoms with Gasteiger partial charge in [0.05, 0.1) is 11.6 Å². The third kappa shape index (κ3) is 12.8. The Balaban J connectivity index is 0.00000246. The van der Waals surface area contributed by atoms with Gasteiger partial charge in [0.2, 0.25) is 17.6 Å². The average Bonchev–Trinajstić information content (AvgIpc) is 3.70. The third-order valence-corrected chi connectivity index (χ3v) is 9.94. The summed E-state index contributed by atoms with van der Waals surface area (Å²) in [5.41, 5.74) is 5.39. The fourth-order valence-electron chi connectivity index (χ4n) is 5.84. The highest BCUT2D eigenvalue weighted by Gasteiger charge is 2.43. The summed E-state index contributed by atoms with van der Waals surface area (Å²) in [6, 6.07) is 7.12. The van der Waals surface area contributed by atoms with Gasteiger partial charge in [0.15, 0.2) is 0 Å². The number of thioether (sulfide) groups is 1. The van der Waals surface area contributed by atoms with E-state index in [2.05, 4.69) is 55.8 Å². The maximum atomic E-state index is 14.0. The minimum absolute atomic E-state index is 0.276. The van der Waals surface area contributed by atoms with Gasteiger partial charge in [0.1, 0.15) is 12.1 Å². The molecule has 0 radical (unpaired) electrons. The molecule has 1 saturated heterocycles. The fraction of sp³-hybridized carbons (Fsp3) is 0.694. The van der Waals surface area contributed by atoms with Gasteiger partial charge in [-0.15, -0.1) is 0 Å². The van der Waals surface area contributed by atoms with Gasteiger partial charge in [-0.3, -0.25) is 19.2 Å². The number of hydrogen-bond donors (Lipinski definition) is 4. The number of amides is 5. The minimum atomic E-state index is -1.08. The number of primary amides is 1. The summed E-state index contributed by atoms with van der Waals surface area (Å²) in [4.78, 5) is 66.5. The van der Waals surface area contributed by atoms with E-state index in [1.165, 1.54) is 16.9 Å². The predicted molar refractivity (Wildman–Crippen MR) is 190 cm³/mol. The Hall–Kier alpha value is -3.08. The van der Waals surface area contributed by atoms with Crippen molar-refractivity contribution in [2.75, 3.05) is 12.3 Å². The number of benzene rings is 1. The molecule has 5 N–H and O–H groups in total. The van der Waals surface area contributed by atoms with Crippen LogP contribution in [0.3, 0.4) is 0 Å². The monoisotopic (exact) mass is 673 g/mol. The third-order valence-electron chi connectivity index (χ3n) is 8.64. The quantitative estimate of drug-likeness (QED) is 0.174. The standard InChI is InChI=1S/C33H51N5O5S.C3H8/c1-6-17-33(7-2,21-44-20-23-12-9-8-10-13-23)37-31(43)36-27(32(3,4)5)30(42)38-18-11-14-25(38)29(41)35-24(19-22-15-16-22)26(39)28(34)40;1-3-2/h8-10,12-13,22,24-25,27H,6-7,11,14-21H2,1-5H3,(H2,34,40)(H,35,41)(H2,36,37,43);3H2,1-2H3/t24?,25-,27?,33?;/m0./s1. The Morgan fingerprint density at radius 2 is 1.62 bits per heavy atom. The Morgan fingerprint density at radius 1 is 0.979 bits per heavy atom. The Labute approximate surface area is 286 Å². The zero-order chi connectivity index (χ0) is 35.2. The molecule has 3 unspecified atom stereocenters. The SMILES string of the molecule is CCC.CCCC(CC)(CSCc1ccccc1)NC(=O)NC(C(=O)N1CCC[C@H]1C(=O)NC(CC1CC1)C(=O)C(N)=O)C(C)(C)C. The molecule has 47 heavy (non-hydrogen) atoms. The molecule has 11 heteroatoms. The molecule has 1 aliphatic carbocycles. The molecule has 2 fully saturated rings. The number of carbonyl (C=O) groups is 5. The van der Waals surface area contributed by atoms with Crippen LogP contribution >= 0.6 is 11.8 Å². The molecule has 5 amide bonds. The van der Waals surface area contributed by atoms with Crippen molar-refractivity contribution < 1.29 is 24.0 Å². The molecule has 1 aliphatic heterocycles. The minimum Gasteiger partial charge on any atom is -0.363 e. The average molecular weight is 674 g/mol. The van der Waals surface area contributed by atoms with Crippen LogP contribution in [0.2, 0.25) is 0 Å². The van der Waals surface area contributed by atoms with Gasteiger partial charge in [-0.25, -0.2) is 4.79 Å². The zero-order valence-electron chi connectivity index (χ0n) is 29.7. The van der Waals surface area contributed by atoms with Crippen LogP contribution in [0.1, 0.15) is 112 Å². The number of Topliss-reactive ketones (excluding diaryl/α,β-unsaturated/α-hetero) is 1. The number of nitrogens with zero attached hydrogens (tertiary/aromatic N) is 1. The number of ketones is 1. The summed E-state index contributed by atoms with van der Waals surface area (Å²) in [6.07, 6.45) is 6.96. The number of nitrogens with one attached hydrogen (secondary N) is 3. The first-order valence-corrected chi connectivity index (χ1v) is 18.5. The number of carbonyl (C=O) groups excluding carboxylic acids is 5. The van der Waals surface area contributed by atoms with Crippen molar-refractivity contribution in [1.29, 1.82) is 0 Å². The molecule has 0 bridgehead atoms. The molecular formula is C36H59N5O5S. The second-order valence-corrected chi connectivity index (χ2v) is 15.1. The molecule has 264 valence electrons. The topological polar surface area (TPSA) is 151 Å². The van der Waals surface area contributed by atoms with Gasteiger partial charge in [0.25, 0.3) is 5.91 Å². The summed E-state index contributed by atoms with van der Waals surface area (Å²) >= 11 is 1.78. The van der Waals surface area contributed by atoms with E-state index in [0.29, 0.717) is 25.8 Å². The highest BCUT2D eigenvalue weighted by atomic mass is 32.2. The van der Waals surface area contributed by atoms with Crippen LogP contribution in [0.4, 0.5) is 4.79 Å². The van der Waals surface area contributed by atoms with Crippen molar-refractivity contribution >= 4 is 41.3 Å². The van der Waals surface area contributed by atoms with Crippen LogP contribution in [0.5, 0.6) is 0 Å². The van der Waals surface area contributed by atoms with E-state index in [1.807, 2.05) is 39.0 Å². The number of nitrogens with two attached hydrogens (primary N) is 1. The first-order chi connectivity index (χ1) is 22.2. The van der Waals surface area contributed by atoms with Gasteiger partial charge in [-0.2, -0.15) is 11.8 Å². The van der Waals surface area contributed by atoms with E-state index in [0.717, 1.165) is 43.6 Å². The lowest BCUT2D eigenvalue weighted by Gasteiger charge is -2.38. The molecular weight excluding hydrogens is 614 g/mol. The van der Waals surface area contributed by atoms with E-state index in [1.54, 1.807) is 11.8 Å². The lowest BCUT2D eigenvalue weighted by molar-refractivity contribution is -0.143. The maximum Gasteiger partial charge on any atom is 0.315 e. The zero-order valence-corrected chi connectivity index (χ0v) is 30.5. The van der Waals surface area contributed by atoms with E-state index in [-0.39, 0.29) is 11.8 Å². The molecule has 4 atom stereocenters. The Morgan fingerprint density at radius 3 is 2.15 bits per heavy atom. The van der Waals surface area contributed by atoms with Crippen molar-refractivity contribution in [1.82, 2.24) is 20.9 Å². The summed E-state index contributed by atoms with van der Waals surface area (Å²) in [6.45, 7) is 14.4. The van der Waals surface area contributed by atoms with Crippen molar-refractivity contribution in [3.05, 3.63) is 35.9 Å². The van der Waals surface area contributed by atoms with Crippen LogP contribution in [-0.4, -0.2) is 70.4 Å². The largest absolute Gasteiger partial charge is 0.363 e. The summed E-state index contributed by atoms with van der Waals surface area (Å²) in [5, 5.41) is 8.89. The van der Waals surface area contributed by atoms with Crippen LogP contribution in [0.15, 0.2) is 30.3 Å². The van der Waals surface area contributed by atoms with Gasteiger partial charge in [-0.1, -0.05) is 104 Å². The highest BCUT2D eigenvalue weighted by molar-refractivity contribution is 7.98. The maximum absolute atomic E-state index is 14.0. The number of hydrogen-bond acceptors (Lipinski definition) is 6. The first-order valence-electron chi connectivity index (χ1n) is 17.4. The highest BCUT2D eigenvalue weighted by Crippen LogP contribution is 2.34. The molecule has 2 aliphatic rings. The molecule has 1 saturated carbocycles. The number of rotatable bonds is 16. The van der Waals surface area contributed by atoms with Crippen LogP contribution in [0.25, 0.3) is 0 Å². The lowest BCUT2D eigenvalue weighted by Crippen LogP contribution is -2.62. The second-order valence-electron chi connectivity index (χ2n) is 14.1. The number of urea groups is 1. The number of likely N-dealkylation sites (tertiary alicyclic amines) is 1. The normalized spacial score (nSPS) is 18.5. The molecule has 0 spiro atoms. The Kier molecular flexibility index (Phi) is 16.3. The van der Waals surface area contributed by atoms with Crippen LogP contribution in [0, 0.1) is 11.3 Å². The van der Waals surface area contributed by atoms with Crippen LogP contribution in [-0.2, 0) is 24.9 Å². The molecule has 1 aromatic carbocycles. The van der Waals surface area contributed by atoms with Crippen molar-refractivity contribution in [3.63, 3.8) is 0 Å². The van der Waals surface area contributed by atoms with Gasteiger partial charge in [0, 0.05) is 18.1 Å². The molecule has 1 heterocycles. The lowest BCUT2D eigenvalue weighted by atomic mass is 9.85. The summed E-state index contributed by atoms with van der Waals surface area (Å²) in [5.74, 6) is -0.878. The van der Waals surface area contributed by atoms with E-state index in [9.17, 15) is 24.0 Å². The second kappa shape index (κ2) is 19.1. The molecule has 10 nitrogen and oxygen atoms in total. The van der Waals surface area contributed by atoms with Gasteiger partial charge >= 0.3 is 6.03 Å². The molecule has 1 aromatic rings. The summed E-state index contributed by atoms with van der Waals surface area (Å²) in [7, 11) is 0. The van der Waals surface area contributed by atoms with E-state index in [4.69, 9.17) is 5.73 Å². The van der Waals surface area contributed by atoms with E-state index >= 15 is 0 Å². The fourth-order valence-corrected chi connectivity index (χ4v) is 7.18.